The molecule has 1 atom stereocenters. The van der Waals surface area contributed by atoms with Crippen molar-refractivity contribution in [3.8, 4) is 0 Å². The fraction of sp³-hybridized carbons (Fsp3) is 0.357. The Balaban J connectivity index is 1.92. The van der Waals surface area contributed by atoms with E-state index in [-0.39, 0.29) is 0 Å². The summed E-state index contributed by atoms with van der Waals surface area (Å²) < 4.78 is 0. The van der Waals surface area contributed by atoms with Crippen molar-refractivity contribution in [2.24, 2.45) is 0 Å². The summed E-state index contributed by atoms with van der Waals surface area (Å²) in [6.07, 6.45) is 7.82. The summed E-state index contributed by atoms with van der Waals surface area (Å²) in [7, 11) is 0. The van der Waals surface area contributed by atoms with Gasteiger partial charge in [0.15, 0.2) is 0 Å². The monoisotopic (exact) mass is 240 g/mol. The van der Waals surface area contributed by atoms with Crippen LogP contribution in [0.3, 0.4) is 0 Å². The minimum atomic E-state index is 0.383. The number of hydrogen-bond acceptors (Lipinski definition) is 4. The third-order valence-electron chi connectivity index (χ3n) is 3.37. The Kier molecular flexibility index (Phi) is 2.92. The summed E-state index contributed by atoms with van der Waals surface area (Å²) in [4.78, 5) is 15.3. The van der Waals surface area contributed by atoms with Gasteiger partial charge in [-0.15, -0.1) is 0 Å². The molecule has 0 radical (unpaired) electrons. The second-order valence-corrected chi connectivity index (χ2v) is 4.63. The van der Waals surface area contributed by atoms with Gasteiger partial charge in [0.2, 0.25) is 5.95 Å². The molecule has 4 heteroatoms. The second kappa shape index (κ2) is 4.72. The van der Waals surface area contributed by atoms with Crippen LogP contribution in [0.5, 0.6) is 0 Å². The molecule has 0 bridgehead atoms. The van der Waals surface area contributed by atoms with Crippen LogP contribution in [-0.2, 0) is 0 Å². The average molecular weight is 240 g/mol. The molecule has 0 spiro atoms. The zero-order chi connectivity index (χ0) is 12.4. The first-order valence-electron chi connectivity index (χ1n) is 6.31. The van der Waals surface area contributed by atoms with Gasteiger partial charge in [0.25, 0.3) is 0 Å². The zero-order valence-electron chi connectivity index (χ0n) is 10.5. The van der Waals surface area contributed by atoms with Gasteiger partial charge in [-0.1, -0.05) is 0 Å². The average Bonchev–Trinajstić information content (AvgIpc) is 2.89. The zero-order valence-corrected chi connectivity index (χ0v) is 10.5. The number of rotatable bonds is 2. The molecule has 1 fully saturated rings. The highest BCUT2D eigenvalue weighted by molar-refractivity contribution is 5.37. The van der Waals surface area contributed by atoms with Crippen LogP contribution in [0.2, 0.25) is 0 Å². The summed E-state index contributed by atoms with van der Waals surface area (Å²) in [6.45, 7) is 3.05. The number of aryl methyl sites for hydroxylation is 1. The van der Waals surface area contributed by atoms with Gasteiger partial charge in [-0.25, -0.2) is 9.97 Å². The molecule has 3 rings (SSSR count). The van der Waals surface area contributed by atoms with E-state index in [1.165, 1.54) is 12.0 Å². The number of hydrogen-bond donors (Lipinski definition) is 0. The first-order chi connectivity index (χ1) is 8.84. The second-order valence-electron chi connectivity index (χ2n) is 4.63. The van der Waals surface area contributed by atoms with Crippen LogP contribution < -0.4 is 4.90 Å². The van der Waals surface area contributed by atoms with Crippen LogP contribution in [0.25, 0.3) is 0 Å². The van der Waals surface area contributed by atoms with Gasteiger partial charge in [-0.3, -0.25) is 4.98 Å². The summed E-state index contributed by atoms with van der Waals surface area (Å²) in [5, 5.41) is 0. The van der Waals surface area contributed by atoms with E-state index in [0.29, 0.717) is 6.04 Å². The molecular weight excluding hydrogens is 224 g/mol. The summed E-state index contributed by atoms with van der Waals surface area (Å²) in [6, 6.07) is 6.49. The highest BCUT2D eigenvalue weighted by atomic mass is 15.3. The molecule has 0 aliphatic carbocycles. The van der Waals surface area contributed by atoms with E-state index in [4.69, 9.17) is 0 Å². The Morgan fingerprint density at radius 2 is 2.00 bits per heavy atom. The van der Waals surface area contributed by atoms with Gasteiger partial charge in [0.05, 0.1) is 6.04 Å². The van der Waals surface area contributed by atoms with Crippen LogP contribution in [0.15, 0.2) is 36.8 Å². The van der Waals surface area contributed by atoms with Crippen molar-refractivity contribution in [1.82, 2.24) is 15.0 Å². The van der Waals surface area contributed by atoms with Crippen LogP contribution in [0.4, 0.5) is 5.95 Å². The lowest BCUT2D eigenvalue weighted by atomic mass is 10.1. The van der Waals surface area contributed by atoms with Gasteiger partial charge in [0, 0.05) is 30.8 Å². The standard InChI is InChI=1S/C14H16N4/c1-11-10-12(5-8-15-11)13-4-2-9-18(13)14-16-6-3-7-17-14/h3,5-8,10,13H,2,4,9H2,1H3. The van der Waals surface area contributed by atoms with Crippen molar-refractivity contribution in [3.63, 3.8) is 0 Å². The highest BCUT2D eigenvalue weighted by Crippen LogP contribution is 2.33. The molecule has 4 nitrogen and oxygen atoms in total. The van der Waals surface area contributed by atoms with E-state index in [1.807, 2.05) is 19.2 Å². The SMILES string of the molecule is Cc1cc(C2CCCN2c2ncccn2)ccn1. The Hall–Kier alpha value is -1.97. The minimum Gasteiger partial charge on any atom is -0.334 e. The molecule has 0 amide bonds. The molecule has 1 saturated heterocycles. The predicted octanol–water partition coefficient (Wildman–Crippen LogP) is 2.52. The molecule has 3 heterocycles. The molecule has 1 aliphatic heterocycles. The molecule has 0 saturated carbocycles. The molecule has 0 N–H and O–H groups in total. The Bertz CT molecular complexity index is 526. The lowest BCUT2D eigenvalue weighted by Gasteiger charge is -2.24. The largest absolute Gasteiger partial charge is 0.334 e. The Morgan fingerprint density at radius 1 is 1.17 bits per heavy atom. The van der Waals surface area contributed by atoms with E-state index in [0.717, 1.165) is 24.6 Å². The van der Waals surface area contributed by atoms with E-state index >= 15 is 0 Å². The van der Waals surface area contributed by atoms with E-state index < -0.39 is 0 Å². The van der Waals surface area contributed by atoms with Crippen LogP contribution in [0.1, 0.15) is 30.1 Å². The van der Waals surface area contributed by atoms with Gasteiger partial charge in [-0.2, -0.15) is 0 Å². The van der Waals surface area contributed by atoms with E-state index in [2.05, 4.69) is 32.0 Å². The fourth-order valence-electron chi connectivity index (χ4n) is 2.57. The number of anilines is 1. The van der Waals surface area contributed by atoms with Gasteiger partial charge >= 0.3 is 0 Å². The first-order valence-corrected chi connectivity index (χ1v) is 6.31. The summed E-state index contributed by atoms with van der Waals surface area (Å²) in [5.41, 5.74) is 2.38. The van der Waals surface area contributed by atoms with E-state index in [1.54, 1.807) is 12.4 Å². The van der Waals surface area contributed by atoms with Crippen LogP contribution >= 0.6 is 0 Å². The first kappa shape index (κ1) is 11.1. The molecule has 2 aromatic rings. The van der Waals surface area contributed by atoms with Crippen molar-refractivity contribution in [2.45, 2.75) is 25.8 Å². The Labute approximate surface area is 107 Å². The maximum absolute atomic E-state index is 4.36. The third kappa shape index (κ3) is 2.06. The normalized spacial score (nSPS) is 19.2. The lowest BCUT2D eigenvalue weighted by molar-refractivity contribution is 0.699. The number of aromatic nitrogens is 3. The number of nitrogens with zero attached hydrogens (tertiary/aromatic N) is 4. The smallest absolute Gasteiger partial charge is 0.225 e. The third-order valence-corrected chi connectivity index (χ3v) is 3.37. The van der Waals surface area contributed by atoms with Crippen molar-refractivity contribution >= 4 is 5.95 Å². The van der Waals surface area contributed by atoms with Crippen LogP contribution in [0, 0.1) is 6.92 Å². The van der Waals surface area contributed by atoms with Gasteiger partial charge < -0.3 is 4.90 Å². The highest BCUT2D eigenvalue weighted by Gasteiger charge is 2.27. The van der Waals surface area contributed by atoms with Crippen molar-refractivity contribution in [3.05, 3.63) is 48.0 Å². The summed E-state index contributed by atoms with van der Waals surface area (Å²) >= 11 is 0. The molecular formula is C14H16N4. The van der Waals surface area contributed by atoms with Crippen LogP contribution in [-0.4, -0.2) is 21.5 Å². The van der Waals surface area contributed by atoms with Gasteiger partial charge in [0.1, 0.15) is 0 Å². The topological polar surface area (TPSA) is 41.9 Å². The van der Waals surface area contributed by atoms with Crippen molar-refractivity contribution < 1.29 is 0 Å². The quantitative estimate of drug-likeness (QED) is 0.809. The van der Waals surface area contributed by atoms with E-state index in [9.17, 15) is 0 Å². The predicted molar refractivity (Wildman–Crippen MR) is 70.3 cm³/mol. The lowest BCUT2D eigenvalue weighted by Crippen LogP contribution is -2.24. The maximum Gasteiger partial charge on any atom is 0.225 e. The molecule has 2 aromatic heterocycles. The summed E-state index contributed by atoms with van der Waals surface area (Å²) in [5.74, 6) is 0.828. The minimum absolute atomic E-state index is 0.383. The molecule has 1 aliphatic rings. The van der Waals surface area contributed by atoms with Crippen molar-refractivity contribution in [1.29, 1.82) is 0 Å². The molecule has 1 unspecified atom stereocenters. The molecule has 92 valence electrons. The Morgan fingerprint density at radius 3 is 2.78 bits per heavy atom. The van der Waals surface area contributed by atoms with Gasteiger partial charge in [-0.05, 0) is 43.5 Å². The molecule has 18 heavy (non-hydrogen) atoms. The maximum atomic E-state index is 4.36. The fourth-order valence-corrected chi connectivity index (χ4v) is 2.57. The number of pyridine rings is 1. The molecule has 0 aromatic carbocycles. The van der Waals surface area contributed by atoms with Crippen molar-refractivity contribution in [2.75, 3.05) is 11.4 Å².